The SMILES string of the molecule is COCC1=C(C(=O)O)N2C(=O)C(NC(=O)/C(C)=N\OC)C2SC1. The summed E-state index contributed by atoms with van der Waals surface area (Å²) in [5, 5.41) is 15.0. The number of carbonyl (C=O) groups is 3. The van der Waals surface area contributed by atoms with Crippen LogP contribution in [0.25, 0.3) is 0 Å². The molecule has 0 aromatic rings. The molecular weight excluding hydrogens is 326 g/mol. The van der Waals surface area contributed by atoms with E-state index in [2.05, 4.69) is 15.3 Å². The van der Waals surface area contributed by atoms with E-state index in [9.17, 15) is 19.5 Å². The number of fused-ring (bicyclic) bond motifs is 1. The number of carbonyl (C=O) groups excluding carboxylic acids is 2. The number of hydrogen-bond acceptors (Lipinski definition) is 7. The van der Waals surface area contributed by atoms with Crippen molar-refractivity contribution in [3.8, 4) is 0 Å². The molecule has 2 heterocycles. The molecule has 2 unspecified atom stereocenters. The summed E-state index contributed by atoms with van der Waals surface area (Å²) in [5.41, 5.74) is 0.554. The minimum atomic E-state index is -1.18. The fourth-order valence-corrected chi connectivity index (χ4v) is 3.72. The van der Waals surface area contributed by atoms with Crippen LogP contribution in [0.1, 0.15) is 6.92 Å². The Kier molecular flexibility index (Phi) is 5.26. The van der Waals surface area contributed by atoms with Gasteiger partial charge in [0.15, 0.2) is 0 Å². The van der Waals surface area contributed by atoms with Crippen molar-refractivity contribution in [2.45, 2.75) is 18.3 Å². The Morgan fingerprint density at radius 3 is 2.74 bits per heavy atom. The lowest BCUT2D eigenvalue weighted by atomic mass is 10.0. The highest BCUT2D eigenvalue weighted by atomic mass is 32.2. The van der Waals surface area contributed by atoms with Crippen molar-refractivity contribution in [2.24, 2.45) is 5.16 Å². The Labute approximate surface area is 136 Å². The zero-order chi connectivity index (χ0) is 17.1. The van der Waals surface area contributed by atoms with Gasteiger partial charge in [-0.3, -0.25) is 14.5 Å². The Morgan fingerprint density at radius 2 is 2.17 bits per heavy atom. The van der Waals surface area contributed by atoms with E-state index in [0.29, 0.717) is 11.3 Å². The van der Waals surface area contributed by atoms with E-state index in [1.807, 2.05) is 0 Å². The van der Waals surface area contributed by atoms with Gasteiger partial charge in [-0.25, -0.2) is 4.79 Å². The molecule has 126 valence electrons. The third-order valence-electron chi connectivity index (χ3n) is 3.41. The second-order valence-corrected chi connectivity index (χ2v) is 6.02. The maximum absolute atomic E-state index is 12.3. The lowest BCUT2D eigenvalue weighted by molar-refractivity contribution is -0.150. The third-order valence-corrected chi connectivity index (χ3v) is 4.75. The second-order valence-electron chi connectivity index (χ2n) is 4.91. The van der Waals surface area contributed by atoms with Crippen molar-refractivity contribution in [2.75, 3.05) is 26.6 Å². The van der Waals surface area contributed by atoms with Gasteiger partial charge in [-0.1, -0.05) is 5.16 Å². The van der Waals surface area contributed by atoms with Crippen LogP contribution >= 0.6 is 11.8 Å². The number of carboxylic acid groups (broad SMARTS) is 1. The summed E-state index contributed by atoms with van der Waals surface area (Å²) < 4.78 is 4.98. The summed E-state index contributed by atoms with van der Waals surface area (Å²) in [6.45, 7) is 1.59. The predicted octanol–water partition coefficient (Wildman–Crippen LogP) is -0.606. The first-order chi connectivity index (χ1) is 10.9. The van der Waals surface area contributed by atoms with Crippen LogP contribution in [0.4, 0.5) is 0 Å². The van der Waals surface area contributed by atoms with Crippen LogP contribution in [0.3, 0.4) is 0 Å². The molecular formula is C13H17N3O6S. The van der Waals surface area contributed by atoms with Crippen LogP contribution in [0.15, 0.2) is 16.4 Å². The molecule has 2 aliphatic heterocycles. The molecule has 0 aliphatic carbocycles. The van der Waals surface area contributed by atoms with E-state index in [4.69, 9.17) is 4.74 Å². The quantitative estimate of drug-likeness (QED) is 0.375. The van der Waals surface area contributed by atoms with Crippen molar-refractivity contribution in [3.63, 3.8) is 0 Å². The molecule has 9 nitrogen and oxygen atoms in total. The van der Waals surface area contributed by atoms with E-state index in [1.54, 1.807) is 0 Å². The van der Waals surface area contributed by atoms with Crippen molar-refractivity contribution < 1.29 is 29.1 Å². The molecule has 2 N–H and O–H groups in total. The van der Waals surface area contributed by atoms with Crippen LogP contribution in [-0.4, -0.2) is 71.5 Å². The number of nitrogens with one attached hydrogen (secondary N) is 1. The fourth-order valence-electron chi connectivity index (χ4n) is 2.39. The van der Waals surface area contributed by atoms with Crippen LogP contribution in [-0.2, 0) is 24.0 Å². The van der Waals surface area contributed by atoms with Gasteiger partial charge in [-0.05, 0) is 12.5 Å². The molecule has 2 amide bonds. The second kappa shape index (κ2) is 7.01. The summed E-state index contributed by atoms with van der Waals surface area (Å²) in [4.78, 5) is 41.3. The molecule has 1 saturated heterocycles. The average Bonchev–Trinajstić information content (AvgIpc) is 2.52. The van der Waals surface area contributed by atoms with E-state index in [1.165, 1.54) is 37.8 Å². The molecule has 23 heavy (non-hydrogen) atoms. The first-order valence-corrected chi connectivity index (χ1v) is 7.74. The Balaban J connectivity index is 2.16. The van der Waals surface area contributed by atoms with Crippen molar-refractivity contribution in [1.29, 1.82) is 0 Å². The summed E-state index contributed by atoms with van der Waals surface area (Å²) in [7, 11) is 2.77. The van der Waals surface area contributed by atoms with E-state index < -0.39 is 29.2 Å². The van der Waals surface area contributed by atoms with Gasteiger partial charge in [-0.15, -0.1) is 11.8 Å². The highest BCUT2D eigenvalue weighted by Crippen LogP contribution is 2.40. The van der Waals surface area contributed by atoms with Crippen LogP contribution in [0.2, 0.25) is 0 Å². The number of β-lactam (4-membered cyclic amide) rings is 1. The zero-order valence-electron chi connectivity index (χ0n) is 12.9. The van der Waals surface area contributed by atoms with Gasteiger partial charge in [0.1, 0.15) is 29.9 Å². The molecule has 0 spiro atoms. The standard InChI is InChI=1S/C13H17N3O6S/c1-6(15-22-3)10(17)14-8-11(18)16-9(13(19)20)7(4-21-2)5-23-12(8)16/h8,12H,4-5H2,1-3H3,(H,14,17)(H,19,20)/b15-6-. The normalized spacial score (nSPS) is 24.0. The third kappa shape index (κ3) is 3.17. The number of carboxylic acids is 1. The topological polar surface area (TPSA) is 118 Å². The van der Waals surface area contributed by atoms with Crippen LogP contribution < -0.4 is 5.32 Å². The van der Waals surface area contributed by atoms with Gasteiger partial charge in [0.05, 0.1) is 6.61 Å². The van der Waals surface area contributed by atoms with E-state index >= 15 is 0 Å². The molecule has 2 rings (SSSR count). The maximum Gasteiger partial charge on any atom is 0.352 e. The largest absolute Gasteiger partial charge is 0.477 e. The van der Waals surface area contributed by atoms with Gasteiger partial charge in [0.25, 0.3) is 11.8 Å². The number of rotatable bonds is 6. The summed E-state index contributed by atoms with van der Waals surface area (Å²) >= 11 is 1.38. The molecule has 0 saturated carbocycles. The number of aliphatic carboxylic acids is 1. The molecule has 2 atom stereocenters. The minimum absolute atomic E-state index is 0.0617. The molecule has 1 fully saturated rings. The summed E-state index contributed by atoms with van der Waals surface area (Å²) in [6.07, 6.45) is 0. The van der Waals surface area contributed by atoms with E-state index in [0.717, 1.165) is 0 Å². The zero-order valence-corrected chi connectivity index (χ0v) is 13.7. The van der Waals surface area contributed by atoms with Gasteiger partial charge >= 0.3 is 5.97 Å². The van der Waals surface area contributed by atoms with Gasteiger partial charge in [0, 0.05) is 12.9 Å². The summed E-state index contributed by atoms with van der Waals surface area (Å²) in [5.74, 6) is -1.76. The average molecular weight is 343 g/mol. The minimum Gasteiger partial charge on any atom is -0.477 e. The first kappa shape index (κ1) is 17.3. The van der Waals surface area contributed by atoms with Gasteiger partial charge in [0.2, 0.25) is 0 Å². The molecule has 0 aromatic heterocycles. The summed E-state index contributed by atoms with van der Waals surface area (Å²) in [6, 6.07) is -0.784. The Morgan fingerprint density at radius 1 is 1.48 bits per heavy atom. The lowest BCUT2D eigenvalue weighted by Crippen LogP contribution is -2.71. The smallest absolute Gasteiger partial charge is 0.352 e. The Bertz CT molecular complexity index is 603. The van der Waals surface area contributed by atoms with Crippen molar-refractivity contribution >= 4 is 35.3 Å². The molecule has 2 aliphatic rings. The number of ether oxygens (including phenoxy) is 1. The monoisotopic (exact) mass is 343 g/mol. The fraction of sp³-hybridized carbons (Fsp3) is 0.538. The van der Waals surface area contributed by atoms with Crippen molar-refractivity contribution in [1.82, 2.24) is 10.2 Å². The van der Waals surface area contributed by atoms with Crippen LogP contribution in [0.5, 0.6) is 0 Å². The van der Waals surface area contributed by atoms with E-state index in [-0.39, 0.29) is 18.0 Å². The first-order valence-electron chi connectivity index (χ1n) is 6.69. The number of nitrogens with zero attached hydrogens (tertiary/aromatic N) is 2. The van der Waals surface area contributed by atoms with Crippen LogP contribution in [0, 0.1) is 0 Å². The molecule has 0 aromatic carbocycles. The molecule has 0 bridgehead atoms. The number of methoxy groups -OCH3 is 1. The number of amides is 2. The maximum atomic E-state index is 12.3. The number of thioether (sulfide) groups is 1. The lowest BCUT2D eigenvalue weighted by Gasteiger charge is -2.49. The van der Waals surface area contributed by atoms with Gasteiger partial charge < -0.3 is 20.0 Å². The number of hydrogen-bond donors (Lipinski definition) is 2. The highest BCUT2D eigenvalue weighted by molar-refractivity contribution is 8.00. The van der Waals surface area contributed by atoms with Crippen molar-refractivity contribution in [3.05, 3.63) is 11.3 Å². The molecule has 0 radical (unpaired) electrons. The predicted molar refractivity (Wildman–Crippen MR) is 81.7 cm³/mol. The highest BCUT2D eigenvalue weighted by Gasteiger charge is 2.54. The number of oxime groups is 1. The Hall–Kier alpha value is -2.07. The molecule has 10 heteroatoms. The van der Waals surface area contributed by atoms with Gasteiger partial charge in [-0.2, -0.15) is 0 Å².